The zero-order valence-electron chi connectivity index (χ0n) is 15.6. The van der Waals surface area contributed by atoms with Gasteiger partial charge in [-0.25, -0.2) is 4.90 Å². The molecule has 2 aromatic carbocycles. The predicted octanol–water partition coefficient (Wildman–Crippen LogP) is 4.58. The Labute approximate surface area is 168 Å². The molecule has 144 valence electrons. The number of rotatable bonds is 3. The van der Waals surface area contributed by atoms with Crippen LogP contribution in [0.25, 0.3) is 0 Å². The Kier molecular flexibility index (Phi) is 4.94. The first kappa shape index (κ1) is 18.7. The summed E-state index contributed by atoms with van der Waals surface area (Å²) in [5, 5.41) is 3.37. The average molecular weight is 397 g/mol. The van der Waals surface area contributed by atoms with Crippen LogP contribution in [0.1, 0.15) is 41.6 Å². The van der Waals surface area contributed by atoms with Gasteiger partial charge in [-0.1, -0.05) is 42.6 Å². The largest absolute Gasteiger partial charge is 0.322 e. The number of amides is 3. The SMILES string of the molecule is Cc1ccc(Cl)cc1NC(=O)c1ccccc1N1C(=O)[C@@H]2CCCC[C@H]2C1=O. The lowest BCUT2D eigenvalue weighted by atomic mass is 9.81. The van der Waals surface area contributed by atoms with Crippen molar-refractivity contribution in [2.75, 3.05) is 10.2 Å². The van der Waals surface area contributed by atoms with E-state index in [0.29, 0.717) is 22.0 Å². The molecule has 2 aliphatic rings. The van der Waals surface area contributed by atoms with Gasteiger partial charge in [-0.2, -0.15) is 0 Å². The molecule has 1 heterocycles. The lowest BCUT2D eigenvalue weighted by molar-refractivity contribution is -0.122. The fourth-order valence-electron chi connectivity index (χ4n) is 4.18. The minimum atomic E-state index is -0.378. The number of nitrogens with one attached hydrogen (secondary N) is 1. The third-order valence-corrected chi connectivity index (χ3v) is 5.91. The van der Waals surface area contributed by atoms with Crippen molar-refractivity contribution in [3.63, 3.8) is 0 Å². The highest BCUT2D eigenvalue weighted by Gasteiger charge is 2.49. The lowest BCUT2D eigenvalue weighted by Gasteiger charge is -2.19. The molecule has 1 aliphatic heterocycles. The van der Waals surface area contributed by atoms with E-state index in [1.807, 2.05) is 13.0 Å². The van der Waals surface area contributed by atoms with Gasteiger partial charge in [0.1, 0.15) is 0 Å². The highest BCUT2D eigenvalue weighted by molar-refractivity contribution is 6.31. The van der Waals surface area contributed by atoms with Crippen molar-refractivity contribution in [1.29, 1.82) is 0 Å². The average Bonchev–Trinajstić information content (AvgIpc) is 2.95. The molecule has 28 heavy (non-hydrogen) atoms. The topological polar surface area (TPSA) is 66.5 Å². The summed E-state index contributed by atoms with van der Waals surface area (Å²) in [6, 6.07) is 12.0. The number of imide groups is 1. The van der Waals surface area contributed by atoms with E-state index in [1.54, 1.807) is 36.4 Å². The highest BCUT2D eigenvalue weighted by Crippen LogP contribution is 2.41. The van der Waals surface area contributed by atoms with Crippen LogP contribution in [-0.4, -0.2) is 17.7 Å². The summed E-state index contributed by atoms with van der Waals surface area (Å²) >= 11 is 6.04. The minimum Gasteiger partial charge on any atom is -0.322 e. The van der Waals surface area contributed by atoms with Crippen molar-refractivity contribution in [2.24, 2.45) is 11.8 Å². The first-order chi connectivity index (χ1) is 13.5. The Bertz CT molecular complexity index is 948. The first-order valence-electron chi connectivity index (χ1n) is 9.51. The summed E-state index contributed by atoms with van der Waals surface area (Å²) in [5.74, 6) is -1.26. The fraction of sp³-hybridized carbons (Fsp3) is 0.318. The zero-order chi connectivity index (χ0) is 19.8. The molecular weight excluding hydrogens is 376 g/mol. The standard InChI is InChI=1S/C22H21ClN2O3/c1-13-10-11-14(23)12-18(13)24-20(26)17-8-4-5-9-19(17)25-21(27)15-6-2-3-7-16(15)22(25)28/h4-5,8-12,15-16H,2-3,6-7H2,1H3,(H,24,26)/t15-,16-/m1/s1. The monoisotopic (exact) mass is 396 g/mol. The molecule has 1 N–H and O–H groups in total. The van der Waals surface area contributed by atoms with Crippen molar-refractivity contribution in [1.82, 2.24) is 0 Å². The van der Waals surface area contributed by atoms with Crippen LogP contribution in [0.2, 0.25) is 5.02 Å². The maximum Gasteiger partial charge on any atom is 0.257 e. The molecule has 2 aromatic rings. The predicted molar refractivity (Wildman–Crippen MR) is 109 cm³/mol. The number of benzene rings is 2. The van der Waals surface area contributed by atoms with E-state index in [9.17, 15) is 14.4 Å². The molecule has 5 nitrogen and oxygen atoms in total. The van der Waals surface area contributed by atoms with Crippen LogP contribution in [0.15, 0.2) is 42.5 Å². The summed E-state index contributed by atoms with van der Waals surface area (Å²) < 4.78 is 0. The number of fused-ring (bicyclic) bond motifs is 1. The number of nitrogens with zero attached hydrogens (tertiary/aromatic N) is 1. The van der Waals surface area contributed by atoms with E-state index in [0.717, 1.165) is 31.2 Å². The summed E-state index contributed by atoms with van der Waals surface area (Å²) in [4.78, 5) is 40.1. The van der Waals surface area contributed by atoms with Gasteiger partial charge in [-0.3, -0.25) is 14.4 Å². The second kappa shape index (κ2) is 7.40. The maximum absolute atomic E-state index is 13.0. The van der Waals surface area contributed by atoms with Crippen LogP contribution in [0, 0.1) is 18.8 Å². The zero-order valence-corrected chi connectivity index (χ0v) is 16.3. The number of aryl methyl sites for hydroxylation is 1. The molecule has 0 aromatic heterocycles. The summed E-state index contributed by atoms with van der Waals surface area (Å²) in [6.45, 7) is 1.87. The number of carbonyl (C=O) groups is 3. The minimum absolute atomic E-state index is 0.186. The quantitative estimate of drug-likeness (QED) is 0.772. The molecule has 1 saturated carbocycles. The van der Waals surface area contributed by atoms with E-state index in [-0.39, 0.29) is 29.6 Å². The number of hydrogen-bond donors (Lipinski definition) is 1. The van der Waals surface area contributed by atoms with Crippen LogP contribution in [0.3, 0.4) is 0 Å². The maximum atomic E-state index is 13.0. The number of halogens is 1. The second-order valence-corrected chi connectivity index (χ2v) is 7.88. The molecule has 4 rings (SSSR count). The van der Waals surface area contributed by atoms with Gasteiger partial charge in [0.25, 0.3) is 5.91 Å². The molecule has 2 atom stereocenters. The van der Waals surface area contributed by atoms with E-state index < -0.39 is 0 Å². The molecule has 0 radical (unpaired) electrons. The second-order valence-electron chi connectivity index (χ2n) is 7.44. The van der Waals surface area contributed by atoms with Gasteiger partial charge in [-0.05, 0) is 49.6 Å². The number of anilines is 2. The molecular formula is C22H21ClN2O3. The smallest absolute Gasteiger partial charge is 0.257 e. The van der Waals surface area contributed by atoms with Crippen LogP contribution in [-0.2, 0) is 9.59 Å². The van der Waals surface area contributed by atoms with E-state index >= 15 is 0 Å². The molecule has 1 saturated heterocycles. The first-order valence-corrected chi connectivity index (χ1v) is 9.89. The third kappa shape index (κ3) is 3.20. The van der Waals surface area contributed by atoms with Gasteiger partial charge in [0, 0.05) is 10.7 Å². The van der Waals surface area contributed by atoms with Crippen molar-refractivity contribution >= 4 is 40.7 Å². The van der Waals surface area contributed by atoms with E-state index in [2.05, 4.69) is 5.32 Å². The van der Waals surface area contributed by atoms with Crippen LogP contribution < -0.4 is 10.2 Å². The van der Waals surface area contributed by atoms with E-state index in [4.69, 9.17) is 11.6 Å². The molecule has 1 aliphatic carbocycles. The van der Waals surface area contributed by atoms with Crippen LogP contribution in [0.5, 0.6) is 0 Å². The number of hydrogen-bond acceptors (Lipinski definition) is 3. The van der Waals surface area contributed by atoms with Crippen molar-refractivity contribution in [3.05, 3.63) is 58.6 Å². The molecule has 0 unspecified atom stereocenters. The Balaban J connectivity index is 1.67. The third-order valence-electron chi connectivity index (χ3n) is 5.68. The number of para-hydroxylation sites is 1. The summed E-state index contributed by atoms with van der Waals surface area (Å²) in [5.41, 5.74) is 2.11. The van der Waals surface area contributed by atoms with Crippen LogP contribution >= 0.6 is 11.6 Å². The van der Waals surface area contributed by atoms with Gasteiger partial charge in [0.15, 0.2) is 0 Å². The Morgan fingerprint density at radius 3 is 2.36 bits per heavy atom. The lowest BCUT2D eigenvalue weighted by Crippen LogP contribution is -2.33. The van der Waals surface area contributed by atoms with Gasteiger partial charge >= 0.3 is 0 Å². The Morgan fingerprint density at radius 1 is 1.04 bits per heavy atom. The van der Waals surface area contributed by atoms with Crippen molar-refractivity contribution in [2.45, 2.75) is 32.6 Å². The van der Waals surface area contributed by atoms with Crippen LogP contribution in [0.4, 0.5) is 11.4 Å². The number of carbonyl (C=O) groups excluding carboxylic acids is 3. The van der Waals surface area contributed by atoms with Gasteiger partial charge in [-0.15, -0.1) is 0 Å². The Morgan fingerprint density at radius 2 is 1.68 bits per heavy atom. The van der Waals surface area contributed by atoms with Crippen molar-refractivity contribution in [3.8, 4) is 0 Å². The van der Waals surface area contributed by atoms with Gasteiger partial charge in [0.05, 0.1) is 23.1 Å². The fourth-order valence-corrected chi connectivity index (χ4v) is 4.35. The van der Waals surface area contributed by atoms with E-state index in [1.165, 1.54) is 4.90 Å². The molecule has 0 spiro atoms. The highest BCUT2D eigenvalue weighted by atomic mass is 35.5. The van der Waals surface area contributed by atoms with Gasteiger partial charge in [0.2, 0.25) is 11.8 Å². The Hall–Kier alpha value is -2.66. The van der Waals surface area contributed by atoms with Gasteiger partial charge < -0.3 is 5.32 Å². The molecule has 3 amide bonds. The normalized spacial score (nSPS) is 21.6. The molecule has 2 fully saturated rings. The molecule has 0 bridgehead atoms. The summed E-state index contributed by atoms with van der Waals surface area (Å²) in [6.07, 6.45) is 3.40. The molecule has 6 heteroatoms. The van der Waals surface area contributed by atoms with Crippen molar-refractivity contribution < 1.29 is 14.4 Å². The summed E-state index contributed by atoms with van der Waals surface area (Å²) in [7, 11) is 0.